The van der Waals surface area contributed by atoms with Gasteiger partial charge in [0.2, 0.25) is 0 Å². The molecule has 2 aliphatic heterocycles. The van der Waals surface area contributed by atoms with Crippen LogP contribution in [-0.4, -0.2) is 46.4 Å². The first-order valence-corrected chi connectivity index (χ1v) is 13.4. The minimum Gasteiger partial charge on any atom is -0.377 e. The van der Waals surface area contributed by atoms with Crippen molar-refractivity contribution in [3.63, 3.8) is 0 Å². The van der Waals surface area contributed by atoms with Crippen LogP contribution in [0, 0.1) is 5.92 Å². The minimum absolute atomic E-state index is 0.00919. The van der Waals surface area contributed by atoms with Crippen LogP contribution in [0.4, 0.5) is 5.69 Å². The highest BCUT2D eigenvalue weighted by Crippen LogP contribution is 2.36. The molecule has 0 radical (unpaired) electrons. The summed E-state index contributed by atoms with van der Waals surface area (Å²) in [5.74, 6) is 0.858. The van der Waals surface area contributed by atoms with Crippen LogP contribution in [-0.2, 0) is 17.8 Å². The molecular weight excluding hydrogens is 450 g/mol. The van der Waals surface area contributed by atoms with Crippen LogP contribution in [0.1, 0.15) is 43.4 Å². The molecule has 3 aromatic heterocycles. The molecule has 1 aliphatic carbocycles. The molecule has 2 N–H and O–H groups in total. The molecule has 2 atom stereocenters. The van der Waals surface area contributed by atoms with E-state index in [2.05, 4.69) is 50.5 Å². The van der Waals surface area contributed by atoms with Crippen molar-refractivity contribution in [2.75, 3.05) is 24.7 Å². The van der Waals surface area contributed by atoms with Crippen molar-refractivity contribution in [1.82, 2.24) is 19.9 Å². The first kappa shape index (κ1) is 22.1. The zero-order valence-electron chi connectivity index (χ0n) is 20.6. The fourth-order valence-corrected chi connectivity index (χ4v) is 6.28. The van der Waals surface area contributed by atoms with Crippen molar-refractivity contribution in [3.05, 3.63) is 70.5 Å². The molecule has 0 amide bonds. The van der Waals surface area contributed by atoms with Gasteiger partial charge in [0.1, 0.15) is 0 Å². The molecule has 2 saturated heterocycles. The number of pyridine rings is 2. The van der Waals surface area contributed by atoms with E-state index in [-0.39, 0.29) is 5.56 Å². The molecular formula is C29H33N5O2. The van der Waals surface area contributed by atoms with Crippen molar-refractivity contribution in [3.8, 4) is 0 Å². The first-order valence-electron chi connectivity index (χ1n) is 13.4. The lowest BCUT2D eigenvalue weighted by molar-refractivity contribution is 0.0908. The molecule has 3 aliphatic rings. The third-order valence-electron chi connectivity index (χ3n) is 8.47. The summed E-state index contributed by atoms with van der Waals surface area (Å²) in [6, 6.07) is 11.5. The van der Waals surface area contributed by atoms with Crippen molar-refractivity contribution in [2.24, 2.45) is 5.92 Å². The fraction of sp³-hybridized carbons (Fsp3) is 0.448. The van der Waals surface area contributed by atoms with Gasteiger partial charge in [-0.15, -0.1) is 0 Å². The van der Waals surface area contributed by atoms with E-state index in [1.54, 1.807) is 10.8 Å². The van der Waals surface area contributed by atoms with Crippen molar-refractivity contribution < 1.29 is 4.74 Å². The molecule has 0 spiro atoms. The topological polar surface area (TPSA) is 75.2 Å². The highest BCUT2D eigenvalue weighted by molar-refractivity contribution is 5.93. The molecule has 1 aromatic carbocycles. The number of H-pyrrole nitrogens is 1. The van der Waals surface area contributed by atoms with Gasteiger partial charge in [0.25, 0.3) is 5.56 Å². The molecule has 7 heteroatoms. The van der Waals surface area contributed by atoms with Crippen LogP contribution < -0.4 is 15.8 Å². The van der Waals surface area contributed by atoms with Crippen LogP contribution in [0.3, 0.4) is 0 Å². The van der Waals surface area contributed by atoms with Gasteiger partial charge in [-0.3, -0.25) is 9.78 Å². The zero-order valence-corrected chi connectivity index (χ0v) is 20.6. The summed E-state index contributed by atoms with van der Waals surface area (Å²) in [7, 11) is 0. The second-order valence-electron chi connectivity index (χ2n) is 10.8. The Morgan fingerprint density at radius 2 is 1.89 bits per heavy atom. The Morgan fingerprint density at radius 1 is 1.03 bits per heavy atom. The van der Waals surface area contributed by atoms with Crippen molar-refractivity contribution in [1.29, 1.82) is 0 Å². The SMILES string of the molecule is O=c1c2cncc(N3C4CCC3COC4)c2ccn1Cc1ccc2cc(CNCC3CCC3)[nH]c2c1. The average Bonchev–Trinajstić information content (AvgIpc) is 3.38. The number of rotatable bonds is 7. The van der Waals surface area contributed by atoms with Gasteiger partial charge in [0, 0.05) is 35.5 Å². The third kappa shape index (κ3) is 3.91. The Hall–Kier alpha value is -3.16. The summed E-state index contributed by atoms with van der Waals surface area (Å²) in [5, 5.41) is 6.47. The van der Waals surface area contributed by atoms with Crippen LogP contribution in [0.15, 0.2) is 53.7 Å². The maximum Gasteiger partial charge on any atom is 0.260 e. The molecule has 3 fully saturated rings. The second-order valence-corrected chi connectivity index (χ2v) is 10.8. The van der Waals surface area contributed by atoms with Crippen LogP contribution in [0.5, 0.6) is 0 Å². The number of ether oxygens (including phenoxy) is 1. The number of benzene rings is 1. The van der Waals surface area contributed by atoms with Gasteiger partial charge < -0.3 is 24.5 Å². The summed E-state index contributed by atoms with van der Waals surface area (Å²) < 4.78 is 7.56. The molecule has 2 unspecified atom stereocenters. The van der Waals surface area contributed by atoms with Gasteiger partial charge in [0.15, 0.2) is 0 Å². The highest BCUT2D eigenvalue weighted by atomic mass is 16.5. The molecule has 1 saturated carbocycles. The maximum atomic E-state index is 13.5. The number of hydrogen-bond acceptors (Lipinski definition) is 5. The van der Waals surface area contributed by atoms with E-state index in [1.165, 1.54) is 30.3 Å². The van der Waals surface area contributed by atoms with Gasteiger partial charge in [-0.2, -0.15) is 0 Å². The normalized spacial score (nSPS) is 21.9. The molecule has 2 bridgehead atoms. The number of hydrogen-bond donors (Lipinski definition) is 2. The number of nitrogens with one attached hydrogen (secondary N) is 2. The predicted molar refractivity (Wildman–Crippen MR) is 143 cm³/mol. The summed E-state index contributed by atoms with van der Waals surface area (Å²) in [5.41, 5.74) is 4.51. The van der Waals surface area contributed by atoms with Crippen LogP contribution in [0.2, 0.25) is 0 Å². The Labute approximate surface area is 210 Å². The fourth-order valence-electron chi connectivity index (χ4n) is 6.28. The van der Waals surface area contributed by atoms with Gasteiger partial charge in [-0.1, -0.05) is 18.6 Å². The van der Waals surface area contributed by atoms with Gasteiger partial charge >= 0.3 is 0 Å². The second kappa shape index (κ2) is 9.05. The Bertz CT molecular complexity index is 1450. The Kier molecular flexibility index (Phi) is 5.55. The van der Waals surface area contributed by atoms with Crippen molar-refractivity contribution in [2.45, 2.75) is 57.3 Å². The van der Waals surface area contributed by atoms with E-state index in [9.17, 15) is 4.79 Å². The molecule has 186 valence electrons. The number of aromatic amines is 1. The Morgan fingerprint density at radius 3 is 2.69 bits per heavy atom. The zero-order chi connectivity index (χ0) is 24.1. The standard InChI is InChI=1S/C29H33N5O2/c35-29-26-14-31-15-28(34-23-6-7-24(34)18-36-17-23)25(26)8-9-33(29)16-20-4-5-21-11-22(32-27(21)10-20)13-30-12-19-2-1-3-19/h4-5,8-11,14-15,19,23-24,30,32H,1-3,6-7,12-13,16-18H2. The highest BCUT2D eigenvalue weighted by Gasteiger charge is 2.38. The number of anilines is 1. The molecule has 7 rings (SSSR count). The monoisotopic (exact) mass is 483 g/mol. The number of fused-ring (bicyclic) bond motifs is 4. The smallest absolute Gasteiger partial charge is 0.260 e. The summed E-state index contributed by atoms with van der Waals surface area (Å²) in [6.45, 7) is 4.01. The molecule has 5 heterocycles. The summed E-state index contributed by atoms with van der Waals surface area (Å²) in [6.07, 6.45) is 12.0. The van der Waals surface area contributed by atoms with E-state index in [1.807, 2.05) is 12.4 Å². The number of morpholine rings is 1. The minimum atomic E-state index is 0.00919. The van der Waals surface area contributed by atoms with Gasteiger partial charge in [-0.05, 0) is 67.3 Å². The van der Waals surface area contributed by atoms with Crippen molar-refractivity contribution >= 4 is 27.4 Å². The lowest BCUT2D eigenvalue weighted by atomic mass is 9.85. The lowest BCUT2D eigenvalue weighted by Crippen LogP contribution is -2.46. The predicted octanol–water partition coefficient (Wildman–Crippen LogP) is 4.18. The quantitative estimate of drug-likeness (QED) is 0.412. The summed E-state index contributed by atoms with van der Waals surface area (Å²) >= 11 is 0. The van der Waals surface area contributed by atoms with E-state index < -0.39 is 0 Å². The molecule has 4 aromatic rings. The van der Waals surface area contributed by atoms with Crippen LogP contribution >= 0.6 is 0 Å². The molecule has 36 heavy (non-hydrogen) atoms. The number of aromatic nitrogens is 3. The van der Waals surface area contributed by atoms with E-state index in [0.717, 1.165) is 67.2 Å². The Balaban J connectivity index is 1.13. The lowest BCUT2D eigenvalue weighted by Gasteiger charge is -2.37. The first-order chi connectivity index (χ1) is 17.7. The average molecular weight is 484 g/mol. The third-order valence-corrected chi connectivity index (χ3v) is 8.47. The largest absolute Gasteiger partial charge is 0.377 e. The number of nitrogens with zero attached hydrogens (tertiary/aromatic N) is 3. The van der Waals surface area contributed by atoms with E-state index >= 15 is 0 Å². The molecule has 7 nitrogen and oxygen atoms in total. The van der Waals surface area contributed by atoms with Gasteiger partial charge in [-0.25, -0.2) is 0 Å². The van der Waals surface area contributed by atoms with E-state index in [4.69, 9.17) is 4.74 Å². The summed E-state index contributed by atoms with van der Waals surface area (Å²) in [4.78, 5) is 24.0. The van der Waals surface area contributed by atoms with Gasteiger partial charge in [0.05, 0.1) is 49.1 Å². The van der Waals surface area contributed by atoms with Crippen LogP contribution in [0.25, 0.3) is 21.7 Å². The maximum absolute atomic E-state index is 13.5. The van der Waals surface area contributed by atoms with E-state index in [0.29, 0.717) is 24.0 Å².